The molecular weight excluding hydrogens is 254 g/mol. The minimum absolute atomic E-state index is 0.333. The van der Waals surface area contributed by atoms with Crippen molar-refractivity contribution in [1.82, 2.24) is 5.16 Å². The normalized spacial score (nSPS) is 16.0. The van der Waals surface area contributed by atoms with Crippen molar-refractivity contribution in [2.45, 2.75) is 6.29 Å². The van der Waals surface area contributed by atoms with Crippen molar-refractivity contribution in [3.8, 4) is 11.3 Å². The molecular formula is C16H13NO3. The lowest BCUT2D eigenvalue weighted by molar-refractivity contribution is -0.0430. The van der Waals surface area contributed by atoms with Crippen molar-refractivity contribution in [3.63, 3.8) is 0 Å². The summed E-state index contributed by atoms with van der Waals surface area (Å²) >= 11 is 0. The highest BCUT2D eigenvalue weighted by molar-refractivity contribution is 5.94. The van der Waals surface area contributed by atoms with Gasteiger partial charge in [0.1, 0.15) is 5.52 Å². The highest BCUT2D eigenvalue weighted by Gasteiger charge is 2.24. The van der Waals surface area contributed by atoms with Crippen LogP contribution in [-0.4, -0.2) is 18.4 Å². The summed E-state index contributed by atoms with van der Waals surface area (Å²) in [6, 6.07) is 15.8. The topological polar surface area (TPSA) is 44.5 Å². The Morgan fingerprint density at radius 3 is 2.50 bits per heavy atom. The Kier molecular flexibility index (Phi) is 2.76. The van der Waals surface area contributed by atoms with Gasteiger partial charge in [-0.25, -0.2) is 0 Å². The van der Waals surface area contributed by atoms with Gasteiger partial charge >= 0.3 is 0 Å². The van der Waals surface area contributed by atoms with Gasteiger partial charge in [0.15, 0.2) is 12.1 Å². The molecule has 0 saturated carbocycles. The van der Waals surface area contributed by atoms with Gasteiger partial charge in [-0.1, -0.05) is 47.6 Å². The molecule has 20 heavy (non-hydrogen) atoms. The van der Waals surface area contributed by atoms with Crippen molar-refractivity contribution < 1.29 is 14.0 Å². The van der Waals surface area contributed by atoms with Crippen LogP contribution in [0.4, 0.5) is 0 Å². The van der Waals surface area contributed by atoms with Gasteiger partial charge in [-0.3, -0.25) is 0 Å². The third kappa shape index (κ3) is 1.81. The molecule has 2 heterocycles. The Balaban J connectivity index is 1.94. The Hall–Kier alpha value is -2.17. The average molecular weight is 267 g/mol. The minimum atomic E-state index is -0.333. The Labute approximate surface area is 115 Å². The second-order valence-electron chi connectivity index (χ2n) is 4.69. The van der Waals surface area contributed by atoms with Gasteiger partial charge in [0.25, 0.3) is 0 Å². The van der Waals surface area contributed by atoms with Crippen LogP contribution in [0.1, 0.15) is 11.9 Å². The van der Waals surface area contributed by atoms with Crippen LogP contribution in [0.25, 0.3) is 22.2 Å². The second kappa shape index (κ2) is 4.74. The molecule has 0 radical (unpaired) electrons. The maximum Gasteiger partial charge on any atom is 0.184 e. The first-order valence-electron chi connectivity index (χ1n) is 6.60. The van der Waals surface area contributed by atoms with Crippen LogP contribution >= 0.6 is 0 Å². The molecule has 3 aromatic rings. The Morgan fingerprint density at radius 2 is 1.70 bits per heavy atom. The third-order valence-electron chi connectivity index (χ3n) is 3.45. The van der Waals surface area contributed by atoms with Gasteiger partial charge in [-0.2, -0.15) is 0 Å². The van der Waals surface area contributed by atoms with Crippen LogP contribution in [-0.2, 0) is 9.47 Å². The summed E-state index contributed by atoms with van der Waals surface area (Å²) in [5.41, 5.74) is 2.79. The number of nitrogens with zero attached hydrogens (tertiary/aromatic N) is 1. The quantitative estimate of drug-likeness (QED) is 0.712. The van der Waals surface area contributed by atoms with Crippen LogP contribution in [0.15, 0.2) is 53.1 Å². The molecule has 0 unspecified atom stereocenters. The van der Waals surface area contributed by atoms with Gasteiger partial charge in [0.2, 0.25) is 0 Å². The zero-order chi connectivity index (χ0) is 13.4. The number of fused-ring (bicyclic) bond motifs is 1. The highest BCUT2D eigenvalue weighted by Crippen LogP contribution is 2.36. The lowest BCUT2D eigenvalue weighted by atomic mass is 10.0. The Morgan fingerprint density at radius 1 is 0.900 bits per heavy atom. The molecule has 0 spiro atoms. The first-order chi connectivity index (χ1) is 9.93. The molecule has 1 aliphatic heterocycles. The fourth-order valence-corrected chi connectivity index (χ4v) is 2.54. The number of aromatic nitrogens is 1. The smallest absolute Gasteiger partial charge is 0.184 e. The summed E-state index contributed by atoms with van der Waals surface area (Å²) in [5.74, 6) is 0.760. The third-order valence-corrected chi connectivity index (χ3v) is 3.45. The zero-order valence-corrected chi connectivity index (χ0v) is 10.8. The average Bonchev–Trinajstić information content (AvgIpc) is 3.17. The zero-order valence-electron chi connectivity index (χ0n) is 10.8. The molecule has 1 saturated heterocycles. The van der Waals surface area contributed by atoms with Crippen molar-refractivity contribution in [1.29, 1.82) is 0 Å². The van der Waals surface area contributed by atoms with E-state index in [0.717, 1.165) is 27.8 Å². The fraction of sp³-hybridized carbons (Fsp3) is 0.188. The van der Waals surface area contributed by atoms with Gasteiger partial charge in [0, 0.05) is 11.1 Å². The van der Waals surface area contributed by atoms with E-state index in [4.69, 9.17) is 14.0 Å². The van der Waals surface area contributed by atoms with E-state index in [9.17, 15) is 0 Å². The summed E-state index contributed by atoms with van der Waals surface area (Å²) in [7, 11) is 0. The highest BCUT2D eigenvalue weighted by atomic mass is 16.7. The van der Waals surface area contributed by atoms with Gasteiger partial charge < -0.3 is 14.0 Å². The van der Waals surface area contributed by atoms with Crippen LogP contribution in [0.2, 0.25) is 0 Å². The van der Waals surface area contributed by atoms with E-state index in [1.54, 1.807) is 0 Å². The number of hydrogen-bond acceptors (Lipinski definition) is 4. The van der Waals surface area contributed by atoms with E-state index >= 15 is 0 Å². The van der Waals surface area contributed by atoms with Crippen LogP contribution in [0.3, 0.4) is 0 Å². The summed E-state index contributed by atoms with van der Waals surface area (Å²) in [6.07, 6.45) is -0.333. The first kappa shape index (κ1) is 11.6. The largest absolute Gasteiger partial charge is 0.355 e. The molecule has 0 atom stereocenters. The number of rotatable bonds is 2. The number of ether oxygens (including phenoxy) is 2. The predicted octanol–water partition coefficient (Wildman–Crippen LogP) is 3.54. The van der Waals surface area contributed by atoms with E-state index in [1.807, 2.05) is 48.5 Å². The van der Waals surface area contributed by atoms with E-state index in [1.165, 1.54) is 0 Å². The molecule has 1 fully saturated rings. The van der Waals surface area contributed by atoms with Crippen LogP contribution < -0.4 is 0 Å². The molecule has 4 heteroatoms. The van der Waals surface area contributed by atoms with Gasteiger partial charge in [0.05, 0.1) is 18.6 Å². The first-order valence-corrected chi connectivity index (χ1v) is 6.60. The molecule has 0 amide bonds. The maximum atomic E-state index is 5.62. The van der Waals surface area contributed by atoms with Crippen molar-refractivity contribution in [2.24, 2.45) is 0 Å². The van der Waals surface area contributed by atoms with Crippen molar-refractivity contribution >= 4 is 10.9 Å². The Bertz CT molecular complexity index is 730. The molecule has 0 bridgehead atoms. The molecule has 0 aliphatic carbocycles. The van der Waals surface area contributed by atoms with Crippen molar-refractivity contribution in [2.75, 3.05) is 13.2 Å². The molecule has 2 aromatic carbocycles. The standard InChI is InChI=1S/C16H13NO3/c1-2-5-11(6-3-1)15-14-12(16-18-9-10-19-16)7-4-8-13(14)17-20-15/h1-8,16H,9-10H2. The monoisotopic (exact) mass is 267 g/mol. The van der Waals surface area contributed by atoms with Gasteiger partial charge in [-0.15, -0.1) is 0 Å². The van der Waals surface area contributed by atoms with Gasteiger partial charge in [-0.05, 0) is 6.07 Å². The van der Waals surface area contributed by atoms with E-state index in [2.05, 4.69) is 5.16 Å². The molecule has 0 N–H and O–H groups in total. The van der Waals surface area contributed by atoms with Crippen LogP contribution in [0, 0.1) is 0 Å². The number of benzene rings is 2. The molecule has 1 aromatic heterocycles. The van der Waals surface area contributed by atoms with E-state index in [-0.39, 0.29) is 6.29 Å². The molecule has 4 rings (SSSR count). The summed E-state index contributed by atoms with van der Waals surface area (Å²) < 4.78 is 16.8. The predicted molar refractivity (Wildman–Crippen MR) is 74.1 cm³/mol. The SMILES string of the molecule is c1ccc(-c2onc3cccc(C4OCCO4)c23)cc1. The molecule has 1 aliphatic rings. The fourth-order valence-electron chi connectivity index (χ4n) is 2.54. The van der Waals surface area contributed by atoms with E-state index in [0.29, 0.717) is 13.2 Å². The lowest BCUT2D eigenvalue weighted by Gasteiger charge is -2.10. The van der Waals surface area contributed by atoms with Crippen LogP contribution in [0.5, 0.6) is 0 Å². The molecule has 100 valence electrons. The molecule has 4 nitrogen and oxygen atoms in total. The summed E-state index contributed by atoms with van der Waals surface area (Å²) in [5, 5.41) is 5.10. The maximum absolute atomic E-state index is 5.62. The number of hydrogen-bond donors (Lipinski definition) is 0. The minimum Gasteiger partial charge on any atom is -0.355 e. The second-order valence-corrected chi connectivity index (χ2v) is 4.69. The van der Waals surface area contributed by atoms with Crippen molar-refractivity contribution in [3.05, 3.63) is 54.1 Å². The van der Waals surface area contributed by atoms with E-state index < -0.39 is 0 Å². The summed E-state index contributed by atoms with van der Waals surface area (Å²) in [4.78, 5) is 0. The lowest BCUT2D eigenvalue weighted by Crippen LogP contribution is -1.98. The summed E-state index contributed by atoms with van der Waals surface area (Å²) in [6.45, 7) is 1.24.